The van der Waals surface area contributed by atoms with Crippen molar-refractivity contribution in [2.75, 3.05) is 22.5 Å². The molecule has 0 aliphatic rings. The van der Waals surface area contributed by atoms with Crippen molar-refractivity contribution in [3.05, 3.63) is 50.7 Å². The summed E-state index contributed by atoms with van der Waals surface area (Å²) in [6, 6.07) is 7.71. The first-order chi connectivity index (χ1) is 12.4. The number of anilines is 3. The van der Waals surface area contributed by atoms with Crippen LogP contribution in [-0.2, 0) is 6.54 Å². The lowest BCUT2D eigenvalue weighted by atomic mass is 10.2. The third-order valence-corrected chi connectivity index (χ3v) is 4.49. The molecule has 0 aliphatic carbocycles. The molecule has 0 saturated heterocycles. The van der Waals surface area contributed by atoms with Crippen LogP contribution in [0.5, 0.6) is 0 Å². The highest BCUT2D eigenvalue weighted by Gasteiger charge is 2.21. The molecule has 1 aromatic heterocycles. The van der Waals surface area contributed by atoms with Crippen molar-refractivity contribution in [1.82, 2.24) is 9.55 Å². The van der Waals surface area contributed by atoms with Gasteiger partial charge in [-0.1, -0.05) is 31.5 Å². The second-order valence-corrected chi connectivity index (χ2v) is 6.37. The molecule has 0 amide bonds. The van der Waals surface area contributed by atoms with Crippen molar-refractivity contribution in [1.29, 1.82) is 0 Å². The van der Waals surface area contributed by atoms with Gasteiger partial charge in [-0.15, -0.1) is 0 Å². The van der Waals surface area contributed by atoms with Gasteiger partial charge in [-0.3, -0.25) is 14.3 Å². The van der Waals surface area contributed by atoms with Crippen LogP contribution in [0.15, 0.2) is 33.9 Å². The standard InChI is InChI=1S/C18H25N5O2S/c1-4-6-11-23-15(19)14(16(24)21-17(23)25)22(5-2)18(26)20-13-10-8-7-9-12(13)3/h7-10H,4-6,11,19H2,1-3H3,(H,20,26)(H,21,24,25). The van der Waals surface area contributed by atoms with Gasteiger partial charge < -0.3 is 16.0 Å². The quantitative estimate of drug-likeness (QED) is 0.671. The third-order valence-electron chi connectivity index (χ3n) is 4.17. The molecule has 0 saturated carbocycles. The Labute approximate surface area is 157 Å². The summed E-state index contributed by atoms with van der Waals surface area (Å²) in [5, 5.41) is 3.50. The molecule has 1 heterocycles. The molecular formula is C18H25N5O2S. The van der Waals surface area contributed by atoms with Crippen LogP contribution in [0, 0.1) is 6.92 Å². The number of benzene rings is 1. The minimum Gasteiger partial charge on any atom is -0.383 e. The highest BCUT2D eigenvalue weighted by atomic mass is 32.1. The molecule has 0 atom stereocenters. The average Bonchev–Trinajstić information content (AvgIpc) is 2.60. The number of hydrogen-bond donors (Lipinski definition) is 3. The molecule has 8 heteroatoms. The zero-order valence-corrected chi connectivity index (χ0v) is 16.2. The molecule has 140 valence electrons. The number of thiocarbonyl (C=S) groups is 1. The van der Waals surface area contributed by atoms with Crippen LogP contribution in [-0.4, -0.2) is 21.2 Å². The number of nitrogens with one attached hydrogen (secondary N) is 2. The summed E-state index contributed by atoms with van der Waals surface area (Å²) in [6.07, 6.45) is 1.69. The van der Waals surface area contributed by atoms with E-state index < -0.39 is 11.2 Å². The maximum Gasteiger partial charge on any atom is 0.330 e. The van der Waals surface area contributed by atoms with Crippen LogP contribution in [0.25, 0.3) is 0 Å². The second-order valence-electron chi connectivity index (χ2n) is 5.99. The lowest BCUT2D eigenvalue weighted by Crippen LogP contribution is -2.42. The summed E-state index contributed by atoms with van der Waals surface area (Å²) < 4.78 is 1.39. The maximum absolute atomic E-state index is 12.4. The Bertz CT molecular complexity index is 903. The second kappa shape index (κ2) is 8.66. The van der Waals surface area contributed by atoms with Crippen LogP contribution in [0.4, 0.5) is 17.2 Å². The summed E-state index contributed by atoms with van der Waals surface area (Å²) in [6.45, 7) is 6.73. The van der Waals surface area contributed by atoms with Gasteiger partial charge in [0, 0.05) is 18.8 Å². The normalized spacial score (nSPS) is 10.6. The number of nitrogen functional groups attached to an aromatic ring is 1. The predicted octanol–water partition coefficient (Wildman–Crippen LogP) is 2.45. The number of nitrogens with zero attached hydrogens (tertiary/aromatic N) is 2. The number of aryl methyl sites for hydroxylation is 1. The summed E-state index contributed by atoms with van der Waals surface area (Å²) in [5.74, 6) is 0.128. The number of H-pyrrole nitrogens is 1. The largest absolute Gasteiger partial charge is 0.383 e. The average molecular weight is 375 g/mol. The first-order valence-corrected chi connectivity index (χ1v) is 9.08. The zero-order valence-electron chi connectivity index (χ0n) is 15.3. The van der Waals surface area contributed by atoms with E-state index in [4.69, 9.17) is 18.0 Å². The molecule has 0 radical (unpaired) electrons. The van der Waals surface area contributed by atoms with Crippen LogP contribution in [0.3, 0.4) is 0 Å². The Kier molecular flexibility index (Phi) is 6.57. The number of nitrogens with two attached hydrogens (primary N) is 1. The number of hydrogen-bond acceptors (Lipinski definition) is 4. The van der Waals surface area contributed by atoms with Gasteiger partial charge in [0.2, 0.25) is 0 Å². The van der Waals surface area contributed by atoms with Gasteiger partial charge in [-0.25, -0.2) is 4.79 Å². The molecule has 1 aromatic carbocycles. The topological polar surface area (TPSA) is 96.2 Å². The first kappa shape index (κ1) is 19.7. The Morgan fingerprint density at radius 2 is 2.00 bits per heavy atom. The van der Waals surface area contributed by atoms with E-state index in [-0.39, 0.29) is 11.5 Å². The summed E-state index contributed by atoms with van der Waals surface area (Å²) in [7, 11) is 0. The molecule has 0 fully saturated rings. The van der Waals surface area contributed by atoms with Crippen molar-refractivity contribution >= 4 is 34.5 Å². The van der Waals surface area contributed by atoms with Gasteiger partial charge in [0.15, 0.2) is 10.8 Å². The highest BCUT2D eigenvalue weighted by Crippen LogP contribution is 2.20. The summed E-state index contributed by atoms with van der Waals surface area (Å²) >= 11 is 5.50. The molecular weight excluding hydrogens is 350 g/mol. The molecule has 4 N–H and O–H groups in total. The van der Waals surface area contributed by atoms with E-state index in [1.807, 2.05) is 45.0 Å². The van der Waals surface area contributed by atoms with E-state index in [0.717, 1.165) is 24.1 Å². The number of rotatable bonds is 6. The molecule has 0 spiro atoms. The zero-order chi connectivity index (χ0) is 19.3. The predicted molar refractivity (Wildman–Crippen MR) is 111 cm³/mol. The van der Waals surface area contributed by atoms with Gasteiger partial charge in [0.25, 0.3) is 5.56 Å². The summed E-state index contributed by atoms with van der Waals surface area (Å²) in [5.41, 5.74) is 7.20. The van der Waals surface area contributed by atoms with Crippen molar-refractivity contribution in [3.8, 4) is 0 Å². The van der Waals surface area contributed by atoms with E-state index in [2.05, 4.69) is 10.3 Å². The Morgan fingerprint density at radius 1 is 1.31 bits per heavy atom. The number of para-hydroxylation sites is 1. The Morgan fingerprint density at radius 3 is 2.62 bits per heavy atom. The van der Waals surface area contributed by atoms with E-state index in [0.29, 0.717) is 18.2 Å². The Hall–Kier alpha value is -2.61. The minimum atomic E-state index is -0.545. The first-order valence-electron chi connectivity index (χ1n) is 8.67. The van der Waals surface area contributed by atoms with Gasteiger partial charge in [-0.05, 0) is 44.1 Å². The number of aromatic nitrogens is 2. The fourth-order valence-corrected chi connectivity index (χ4v) is 3.01. The third kappa shape index (κ3) is 4.13. The molecule has 26 heavy (non-hydrogen) atoms. The smallest absolute Gasteiger partial charge is 0.330 e. The van der Waals surface area contributed by atoms with Crippen LogP contribution in [0.1, 0.15) is 32.3 Å². The lowest BCUT2D eigenvalue weighted by Gasteiger charge is -2.26. The van der Waals surface area contributed by atoms with Gasteiger partial charge >= 0.3 is 5.69 Å². The molecule has 2 rings (SSSR count). The highest BCUT2D eigenvalue weighted by molar-refractivity contribution is 7.80. The monoisotopic (exact) mass is 375 g/mol. The van der Waals surface area contributed by atoms with E-state index in [1.54, 1.807) is 4.90 Å². The lowest BCUT2D eigenvalue weighted by molar-refractivity contribution is 0.604. The van der Waals surface area contributed by atoms with Crippen molar-refractivity contribution in [2.45, 2.75) is 40.2 Å². The number of unbranched alkanes of at least 4 members (excludes halogenated alkanes) is 1. The van der Waals surface area contributed by atoms with E-state index in [1.165, 1.54) is 4.57 Å². The fourth-order valence-electron chi connectivity index (χ4n) is 2.68. The fraction of sp³-hybridized carbons (Fsp3) is 0.389. The molecule has 7 nitrogen and oxygen atoms in total. The van der Waals surface area contributed by atoms with Gasteiger partial charge in [0.1, 0.15) is 5.82 Å². The van der Waals surface area contributed by atoms with Gasteiger partial charge in [-0.2, -0.15) is 0 Å². The van der Waals surface area contributed by atoms with Crippen LogP contribution >= 0.6 is 12.2 Å². The van der Waals surface area contributed by atoms with Crippen molar-refractivity contribution < 1.29 is 0 Å². The van der Waals surface area contributed by atoms with Gasteiger partial charge in [0.05, 0.1) is 0 Å². The van der Waals surface area contributed by atoms with Crippen LogP contribution in [0.2, 0.25) is 0 Å². The summed E-state index contributed by atoms with van der Waals surface area (Å²) in [4.78, 5) is 28.5. The van der Waals surface area contributed by atoms with Crippen molar-refractivity contribution in [3.63, 3.8) is 0 Å². The van der Waals surface area contributed by atoms with E-state index >= 15 is 0 Å². The Balaban J connectivity index is 2.43. The molecule has 0 bridgehead atoms. The SMILES string of the molecule is CCCCn1c(N)c(N(CC)C(=S)Nc2ccccc2C)c(=O)[nH]c1=O. The van der Waals surface area contributed by atoms with E-state index in [9.17, 15) is 9.59 Å². The number of aromatic amines is 1. The molecule has 0 aliphatic heterocycles. The molecule has 2 aromatic rings. The molecule has 0 unspecified atom stereocenters. The van der Waals surface area contributed by atoms with Crippen molar-refractivity contribution in [2.24, 2.45) is 0 Å². The minimum absolute atomic E-state index is 0.128. The maximum atomic E-state index is 12.4. The van der Waals surface area contributed by atoms with Crippen LogP contribution < -0.4 is 27.2 Å².